The Morgan fingerprint density at radius 3 is 2.22 bits per heavy atom. The van der Waals surface area contributed by atoms with Crippen molar-refractivity contribution in [3.8, 4) is 0 Å². The van der Waals surface area contributed by atoms with Crippen molar-refractivity contribution in [2.45, 2.75) is 0 Å². The second kappa shape index (κ2) is 4.43. The second-order valence-corrected chi connectivity index (χ2v) is 5.69. The third-order valence-electron chi connectivity index (χ3n) is 4.29. The molecule has 0 spiro atoms. The number of fused-ring (bicyclic) bond motifs is 7. The van der Waals surface area contributed by atoms with E-state index in [1.54, 1.807) is 0 Å². The van der Waals surface area contributed by atoms with Crippen molar-refractivity contribution < 1.29 is 4.57 Å². The van der Waals surface area contributed by atoms with Gasteiger partial charge in [-0.15, -0.1) is 0 Å². The van der Waals surface area contributed by atoms with E-state index in [0.29, 0.717) is 0 Å². The van der Waals surface area contributed by atoms with E-state index in [1.165, 1.54) is 0 Å². The lowest BCUT2D eigenvalue weighted by Gasteiger charge is -2.07. The Kier molecular flexibility index (Phi) is 2.39. The van der Waals surface area contributed by atoms with Crippen molar-refractivity contribution >= 4 is 43.9 Å². The fourth-order valence-corrected chi connectivity index (χ4v) is 3.26. The van der Waals surface area contributed by atoms with Gasteiger partial charge in [0.15, 0.2) is 6.20 Å². The Morgan fingerprint density at radius 2 is 1.43 bits per heavy atom. The summed E-state index contributed by atoms with van der Waals surface area (Å²) in [5, 5.41) is 2.12. The molecule has 0 fully saturated rings. The number of para-hydroxylation sites is 2. The number of nitrogens with zero attached hydrogens (tertiary/aromatic N) is 4. The highest BCUT2D eigenvalue weighted by Gasteiger charge is 2.18. The molecule has 23 heavy (non-hydrogen) atoms. The summed E-state index contributed by atoms with van der Waals surface area (Å²) in [5.74, 6) is 0. The van der Waals surface area contributed by atoms with Crippen LogP contribution in [0.15, 0.2) is 60.9 Å². The maximum atomic E-state index is 4.89. The summed E-state index contributed by atoms with van der Waals surface area (Å²) in [4.78, 5) is 14.4. The number of aromatic nitrogens is 4. The minimum absolute atomic E-state index is 0.907. The van der Waals surface area contributed by atoms with Crippen LogP contribution in [-0.2, 0) is 7.05 Å². The molecule has 4 heteroatoms. The maximum Gasteiger partial charge on any atom is 0.241 e. The minimum atomic E-state index is 0.907. The first-order valence-electron chi connectivity index (χ1n) is 7.54. The van der Waals surface area contributed by atoms with Gasteiger partial charge in [-0.1, -0.05) is 12.1 Å². The number of hydrogen-bond acceptors (Lipinski definition) is 3. The molecule has 0 radical (unpaired) electrons. The first-order chi connectivity index (χ1) is 11.3. The van der Waals surface area contributed by atoms with Gasteiger partial charge in [0, 0.05) is 17.6 Å². The SMILES string of the molecule is C[n+]1cccc2c3nc4ccccc4nc3c3cccnc3c21. The summed E-state index contributed by atoms with van der Waals surface area (Å²) in [6.07, 6.45) is 3.87. The van der Waals surface area contributed by atoms with Crippen molar-refractivity contribution in [3.05, 3.63) is 60.9 Å². The Labute approximate surface area is 132 Å². The van der Waals surface area contributed by atoms with Crippen LogP contribution in [0.5, 0.6) is 0 Å². The van der Waals surface area contributed by atoms with Crippen molar-refractivity contribution in [1.82, 2.24) is 15.0 Å². The molecule has 0 aliphatic carbocycles. The molecule has 5 aromatic rings. The Balaban J connectivity index is 2.18. The lowest BCUT2D eigenvalue weighted by molar-refractivity contribution is -0.644. The topological polar surface area (TPSA) is 42.5 Å². The van der Waals surface area contributed by atoms with Gasteiger partial charge in [-0.25, -0.2) is 15.0 Å². The fourth-order valence-electron chi connectivity index (χ4n) is 3.26. The van der Waals surface area contributed by atoms with E-state index < -0.39 is 0 Å². The molecule has 0 atom stereocenters. The number of benzene rings is 2. The Morgan fingerprint density at radius 1 is 0.739 bits per heavy atom. The molecule has 0 unspecified atom stereocenters. The maximum absolute atomic E-state index is 4.89. The molecule has 0 N–H and O–H groups in total. The van der Waals surface area contributed by atoms with E-state index >= 15 is 0 Å². The fraction of sp³-hybridized carbons (Fsp3) is 0.0526. The van der Waals surface area contributed by atoms with E-state index in [9.17, 15) is 0 Å². The molecule has 3 aromatic heterocycles. The Bertz CT molecular complexity index is 1230. The second-order valence-electron chi connectivity index (χ2n) is 5.69. The van der Waals surface area contributed by atoms with Gasteiger partial charge in [-0.3, -0.25) is 0 Å². The highest BCUT2D eigenvalue weighted by molar-refractivity contribution is 6.20. The zero-order chi connectivity index (χ0) is 15.4. The van der Waals surface area contributed by atoms with Gasteiger partial charge in [-0.05, 0) is 30.3 Å². The average molecular weight is 297 g/mol. The molecule has 0 aliphatic heterocycles. The van der Waals surface area contributed by atoms with E-state index in [1.807, 2.05) is 55.8 Å². The molecule has 3 heterocycles. The van der Waals surface area contributed by atoms with Gasteiger partial charge >= 0.3 is 0 Å². The summed E-state index contributed by atoms with van der Waals surface area (Å²) in [7, 11) is 2.04. The average Bonchev–Trinajstić information content (AvgIpc) is 2.60. The normalized spacial score (nSPS) is 11.7. The number of pyridine rings is 2. The van der Waals surface area contributed by atoms with Gasteiger partial charge in [0.1, 0.15) is 18.1 Å². The van der Waals surface area contributed by atoms with Crippen LogP contribution in [0.3, 0.4) is 0 Å². The van der Waals surface area contributed by atoms with Crippen LogP contribution in [0, 0.1) is 0 Å². The third-order valence-corrected chi connectivity index (χ3v) is 4.29. The van der Waals surface area contributed by atoms with Crippen LogP contribution in [0.25, 0.3) is 43.9 Å². The van der Waals surface area contributed by atoms with Crippen molar-refractivity contribution in [1.29, 1.82) is 0 Å². The zero-order valence-electron chi connectivity index (χ0n) is 12.6. The lowest BCUT2D eigenvalue weighted by Crippen LogP contribution is -2.28. The molecule has 0 saturated carbocycles. The highest BCUT2D eigenvalue weighted by Crippen LogP contribution is 2.30. The van der Waals surface area contributed by atoms with Gasteiger partial charge in [-0.2, -0.15) is 4.57 Å². The smallest absolute Gasteiger partial charge is 0.241 e. The predicted molar refractivity (Wildman–Crippen MR) is 91.0 cm³/mol. The molecule has 0 saturated heterocycles. The molecule has 2 aromatic carbocycles. The molecule has 0 bridgehead atoms. The van der Waals surface area contributed by atoms with E-state index in [4.69, 9.17) is 9.97 Å². The van der Waals surface area contributed by atoms with Gasteiger partial charge in [0.05, 0.1) is 21.9 Å². The third kappa shape index (κ3) is 1.66. The Hall–Kier alpha value is -3.14. The van der Waals surface area contributed by atoms with Crippen molar-refractivity contribution in [2.75, 3.05) is 0 Å². The standard InChI is InChI=1S/C19H13N4/c1-23-11-5-7-13-17-16(12-6-4-10-20-18(12)19(13)23)21-14-8-2-3-9-15(14)22-17/h2-11H,1H3/q+1. The first kappa shape index (κ1) is 12.4. The van der Waals surface area contributed by atoms with Crippen LogP contribution < -0.4 is 4.57 Å². The zero-order valence-corrected chi connectivity index (χ0v) is 12.6. The van der Waals surface area contributed by atoms with Crippen LogP contribution in [-0.4, -0.2) is 15.0 Å². The van der Waals surface area contributed by atoms with Crippen molar-refractivity contribution in [3.63, 3.8) is 0 Å². The van der Waals surface area contributed by atoms with E-state index in [-0.39, 0.29) is 0 Å². The summed E-state index contributed by atoms with van der Waals surface area (Å²) in [6.45, 7) is 0. The molecule has 4 nitrogen and oxygen atoms in total. The highest BCUT2D eigenvalue weighted by atomic mass is 14.9. The summed E-state index contributed by atoms with van der Waals surface area (Å²) in [5.41, 5.74) is 5.70. The molecular formula is C19H13N4+. The monoisotopic (exact) mass is 297 g/mol. The summed E-state index contributed by atoms with van der Waals surface area (Å²) >= 11 is 0. The summed E-state index contributed by atoms with van der Waals surface area (Å²) < 4.78 is 2.10. The molecule has 0 amide bonds. The minimum Gasteiger partial charge on any atom is -0.249 e. The van der Waals surface area contributed by atoms with Gasteiger partial charge in [0.25, 0.3) is 0 Å². The molecule has 0 aliphatic rings. The molecule has 5 rings (SSSR count). The lowest BCUT2D eigenvalue weighted by atomic mass is 10.1. The van der Waals surface area contributed by atoms with Crippen molar-refractivity contribution in [2.24, 2.45) is 7.05 Å². The molecular weight excluding hydrogens is 284 g/mol. The van der Waals surface area contributed by atoms with Crippen LogP contribution in [0.1, 0.15) is 0 Å². The van der Waals surface area contributed by atoms with Gasteiger partial charge < -0.3 is 0 Å². The number of hydrogen-bond donors (Lipinski definition) is 0. The van der Waals surface area contributed by atoms with E-state index in [0.717, 1.165) is 43.9 Å². The molecule has 108 valence electrons. The predicted octanol–water partition coefficient (Wildman–Crippen LogP) is 3.31. The van der Waals surface area contributed by atoms with Gasteiger partial charge in [0.2, 0.25) is 5.52 Å². The van der Waals surface area contributed by atoms with Crippen LogP contribution in [0.2, 0.25) is 0 Å². The quantitative estimate of drug-likeness (QED) is 0.250. The first-order valence-corrected chi connectivity index (χ1v) is 7.54. The number of aryl methyl sites for hydroxylation is 1. The van der Waals surface area contributed by atoms with Crippen LogP contribution >= 0.6 is 0 Å². The largest absolute Gasteiger partial charge is 0.249 e. The van der Waals surface area contributed by atoms with E-state index in [2.05, 4.69) is 21.7 Å². The number of rotatable bonds is 0. The van der Waals surface area contributed by atoms with Crippen LogP contribution in [0.4, 0.5) is 0 Å². The summed E-state index contributed by atoms with van der Waals surface area (Å²) in [6, 6.07) is 16.1.